The van der Waals surface area contributed by atoms with Crippen molar-refractivity contribution in [1.82, 2.24) is 4.57 Å². The van der Waals surface area contributed by atoms with Crippen molar-refractivity contribution in [1.29, 1.82) is 5.26 Å². The van der Waals surface area contributed by atoms with Crippen molar-refractivity contribution in [3.8, 4) is 6.07 Å². The molecule has 0 fully saturated rings. The van der Waals surface area contributed by atoms with E-state index < -0.39 is 4.92 Å². The molecule has 0 aliphatic rings. The fraction of sp³-hybridized carbons (Fsp3) is 0.286. The van der Waals surface area contributed by atoms with Crippen LogP contribution in [0.5, 0.6) is 0 Å². The fourth-order valence-corrected chi connectivity index (χ4v) is 0.817. The number of hydrogen-bond donors (Lipinski definition) is 0. The Balaban J connectivity index is 2.93. The monoisotopic (exact) mass is 165 g/mol. The minimum Gasteiger partial charge on any atom is -0.332 e. The summed E-state index contributed by atoms with van der Waals surface area (Å²) in [5.74, 6) is 0. The van der Waals surface area contributed by atoms with Gasteiger partial charge in [-0.3, -0.25) is 10.1 Å². The van der Waals surface area contributed by atoms with Crippen LogP contribution in [0.1, 0.15) is 13.0 Å². The van der Waals surface area contributed by atoms with E-state index in [1.54, 1.807) is 6.92 Å². The van der Waals surface area contributed by atoms with E-state index in [0.29, 0.717) is 0 Å². The molecule has 1 aromatic rings. The normalized spacial score (nSPS) is 12.0. The van der Waals surface area contributed by atoms with Gasteiger partial charge in [0.1, 0.15) is 6.04 Å². The van der Waals surface area contributed by atoms with Gasteiger partial charge in [0.25, 0.3) is 5.69 Å². The quantitative estimate of drug-likeness (QED) is 0.492. The zero-order valence-electron chi connectivity index (χ0n) is 6.47. The molecule has 62 valence electrons. The Hall–Kier alpha value is -1.83. The number of aromatic nitrogens is 1. The second-order valence-corrected chi connectivity index (χ2v) is 2.38. The average molecular weight is 165 g/mol. The molecule has 0 spiro atoms. The van der Waals surface area contributed by atoms with Gasteiger partial charge in [-0.15, -0.1) is 0 Å². The van der Waals surface area contributed by atoms with Crippen LogP contribution in [0.25, 0.3) is 0 Å². The highest BCUT2D eigenvalue weighted by molar-refractivity contribution is 5.26. The van der Waals surface area contributed by atoms with Crippen LogP contribution in [0.3, 0.4) is 0 Å². The van der Waals surface area contributed by atoms with E-state index in [2.05, 4.69) is 0 Å². The van der Waals surface area contributed by atoms with Crippen molar-refractivity contribution in [3.63, 3.8) is 0 Å². The Morgan fingerprint density at radius 1 is 1.83 bits per heavy atom. The van der Waals surface area contributed by atoms with Crippen LogP contribution in [0.4, 0.5) is 5.69 Å². The standard InChI is InChI=1S/C7H7N3O2/c1-6(4-8)9-3-2-7(5-9)10(11)12/h2-3,5-6H,1H3. The molecule has 0 amide bonds. The van der Waals surface area contributed by atoms with Crippen LogP contribution in [-0.4, -0.2) is 9.49 Å². The predicted octanol–water partition coefficient (Wildman–Crippen LogP) is 1.48. The fourth-order valence-electron chi connectivity index (χ4n) is 0.817. The van der Waals surface area contributed by atoms with E-state index >= 15 is 0 Å². The summed E-state index contributed by atoms with van der Waals surface area (Å²) in [4.78, 5) is 9.75. The van der Waals surface area contributed by atoms with Crippen LogP contribution >= 0.6 is 0 Å². The number of hydrogen-bond acceptors (Lipinski definition) is 3. The van der Waals surface area contributed by atoms with E-state index in [9.17, 15) is 10.1 Å². The first-order chi connectivity index (χ1) is 5.65. The lowest BCUT2D eigenvalue weighted by Crippen LogP contribution is -1.98. The molecule has 0 aromatic carbocycles. The maximum atomic E-state index is 10.2. The number of rotatable bonds is 2. The smallest absolute Gasteiger partial charge is 0.286 e. The number of nitrogens with zero attached hydrogens (tertiary/aromatic N) is 3. The molecule has 0 saturated heterocycles. The van der Waals surface area contributed by atoms with Gasteiger partial charge in [0.15, 0.2) is 0 Å². The molecule has 12 heavy (non-hydrogen) atoms. The number of nitro groups is 1. The lowest BCUT2D eigenvalue weighted by atomic mass is 10.4. The predicted molar refractivity (Wildman–Crippen MR) is 41.4 cm³/mol. The van der Waals surface area contributed by atoms with E-state index in [-0.39, 0.29) is 11.7 Å². The summed E-state index contributed by atoms with van der Waals surface area (Å²) in [6.45, 7) is 1.67. The zero-order chi connectivity index (χ0) is 9.14. The van der Waals surface area contributed by atoms with Crippen molar-refractivity contribution in [2.45, 2.75) is 13.0 Å². The molecular weight excluding hydrogens is 158 g/mol. The first-order valence-electron chi connectivity index (χ1n) is 3.36. The highest BCUT2D eigenvalue weighted by atomic mass is 16.6. The molecule has 0 N–H and O–H groups in total. The summed E-state index contributed by atoms with van der Waals surface area (Å²) >= 11 is 0. The highest BCUT2D eigenvalue weighted by Crippen LogP contribution is 2.14. The van der Waals surface area contributed by atoms with Gasteiger partial charge in [-0.25, -0.2) is 0 Å². The van der Waals surface area contributed by atoms with Crippen LogP contribution in [0.2, 0.25) is 0 Å². The van der Waals surface area contributed by atoms with Gasteiger partial charge < -0.3 is 4.57 Å². The second-order valence-electron chi connectivity index (χ2n) is 2.38. The largest absolute Gasteiger partial charge is 0.332 e. The topological polar surface area (TPSA) is 71.9 Å². The Kier molecular flexibility index (Phi) is 2.10. The Bertz CT molecular complexity index is 337. The van der Waals surface area contributed by atoms with Crippen molar-refractivity contribution in [2.24, 2.45) is 0 Å². The third kappa shape index (κ3) is 1.42. The number of nitriles is 1. The Labute approximate surface area is 69.0 Å². The molecule has 0 aliphatic carbocycles. The van der Waals surface area contributed by atoms with Crippen molar-refractivity contribution < 1.29 is 4.92 Å². The highest BCUT2D eigenvalue weighted by Gasteiger charge is 2.09. The van der Waals surface area contributed by atoms with Gasteiger partial charge in [-0.1, -0.05) is 0 Å². The van der Waals surface area contributed by atoms with Gasteiger partial charge >= 0.3 is 0 Å². The van der Waals surface area contributed by atoms with E-state index in [0.717, 1.165) is 0 Å². The summed E-state index contributed by atoms with van der Waals surface area (Å²) in [5.41, 5.74) is 0.0112. The Morgan fingerprint density at radius 3 is 2.92 bits per heavy atom. The van der Waals surface area contributed by atoms with E-state index in [1.165, 1.54) is 23.0 Å². The molecule has 5 nitrogen and oxygen atoms in total. The lowest BCUT2D eigenvalue weighted by molar-refractivity contribution is -0.384. The van der Waals surface area contributed by atoms with Crippen molar-refractivity contribution in [2.75, 3.05) is 0 Å². The van der Waals surface area contributed by atoms with Crippen LogP contribution in [-0.2, 0) is 0 Å². The Morgan fingerprint density at radius 2 is 2.50 bits per heavy atom. The summed E-state index contributed by atoms with van der Waals surface area (Å²) in [5, 5.41) is 18.7. The first-order valence-corrected chi connectivity index (χ1v) is 3.36. The lowest BCUT2D eigenvalue weighted by Gasteiger charge is -2.00. The maximum absolute atomic E-state index is 10.2. The SMILES string of the molecule is CC(C#N)n1ccc([N+](=O)[O-])c1. The van der Waals surface area contributed by atoms with Gasteiger partial charge in [0.05, 0.1) is 17.2 Å². The van der Waals surface area contributed by atoms with Gasteiger partial charge in [-0.05, 0) is 6.92 Å². The van der Waals surface area contributed by atoms with Gasteiger partial charge in [0.2, 0.25) is 0 Å². The third-order valence-electron chi connectivity index (χ3n) is 1.54. The van der Waals surface area contributed by atoms with E-state index in [4.69, 9.17) is 5.26 Å². The molecular formula is C7H7N3O2. The average Bonchev–Trinajstić information content (AvgIpc) is 2.51. The second kappa shape index (κ2) is 3.05. The van der Waals surface area contributed by atoms with Crippen molar-refractivity contribution >= 4 is 5.69 Å². The molecule has 1 heterocycles. The minimum atomic E-state index is -0.486. The molecule has 0 aliphatic heterocycles. The maximum Gasteiger partial charge on any atom is 0.286 e. The molecule has 5 heteroatoms. The summed E-state index contributed by atoms with van der Waals surface area (Å²) in [7, 11) is 0. The first kappa shape index (κ1) is 8.27. The molecule has 0 radical (unpaired) electrons. The summed E-state index contributed by atoms with van der Waals surface area (Å²) in [6.07, 6.45) is 2.86. The minimum absolute atomic E-state index is 0.0112. The molecule has 1 rings (SSSR count). The molecule has 1 atom stereocenters. The third-order valence-corrected chi connectivity index (χ3v) is 1.54. The van der Waals surface area contributed by atoms with Gasteiger partial charge in [-0.2, -0.15) is 5.26 Å². The van der Waals surface area contributed by atoms with Crippen LogP contribution in [0, 0.1) is 21.4 Å². The van der Waals surface area contributed by atoms with Crippen LogP contribution in [0.15, 0.2) is 18.5 Å². The molecule has 1 unspecified atom stereocenters. The van der Waals surface area contributed by atoms with Crippen molar-refractivity contribution in [3.05, 3.63) is 28.6 Å². The van der Waals surface area contributed by atoms with Gasteiger partial charge in [0, 0.05) is 12.3 Å². The van der Waals surface area contributed by atoms with E-state index in [1.807, 2.05) is 6.07 Å². The van der Waals surface area contributed by atoms with Crippen LogP contribution < -0.4 is 0 Å². The molecule has 0 saturated carbocycles. The summed E-state index contributed by atoms with van der Waals surface area (Å²) in [6, 6.07) is 2.98. The zero-order valence-corrected chi connectivity index (χ0v) is 6.47. The molecule has 1 aromatic heterocycles. The summed E-state index contributed by atoms with van der Waals surface area (Å²) < 4.78 is 1.50. The molecule has 0 bridgehead atoms.